The van der Waals surface area contributed by atoms with Gasteiger partial charge in [-0.05, 0) is 25.1 Å². The minimum atomic E-state index is -0.773. The maximum absolute atomic E-state index is 14.6. The van der Waals surface area contributed by atoms with Crippen LogP contribution in [-0.4, -0.2) is 76.4 Å². The van der Waals surface area contributed by atoms with Crippen molar-refractivity contribution in [3.63, 3.8) is 0 Å². The minimum absolute atomic E-state index is 0.0130. The number of anilines is 2. The molecular formula is C25H33F2N7O2. The molecule has 0 aliphatic carbocycles. The molecule has 1 N–H and O–H groups in total. The van der Waals surface area contributed by atoms with E-state index in [0.717, 1.165) is 44.8 Å². The van der Waals surface area contributed by atoms with Crippen molar-refractivity contribution >= 4 is 11.8 Å². The molecule has 1 aliphatic rings. The molecule has 1 aromatic carbocycles. The molecule has 0 saturated carbocycles. The normalized spacial score (nSPS) is 14.7. The summed E-state index contributed by atoms with van der Waals surface area (Å²) >= 11 is 0. The van der Waals surface area contributed by atoms with E-state index in [1.54, 1.807) is 6.92 Å². The van der Waals surface area contributed by atoms with Crippen LogP contribution in [0.25, 0.3) is 0 Å². The van der Waals surface area contributed by atoms with Gasteiger partial charge < -0.3 is 24.6 Å². The number of halogens is 2. The van der Waals surface area contributed by atoms with E-state index >= 15 is 0 Å². The highest BCUT2D eigenvalue weighted by Crippen LogP contribution is 2.28. The van der Waals surface area contributed by atoms with E-state index in [4.69, 9.17) is 9.47 Å². The lowest BCUT2D eigenvalue weighted by molar-refractivity contribution is 0.155. The van der Waals surface area contributed by atoms with Gasteiger partial charge in [-0.3, -0.25) is 4.68 Å². The molecule has 9 nitrogen and oxygen atoms in total. The first-order chi connectivity index (χ1) is 17.4. The predicted molar refractivity (Wildman–Crippen MR) is 133 cm³/mol. The summed E-state index contributed by atoms with van der Waals surface area (Å²) in [4.78, 5) is 13.3. The van der Waals surface area contributed by atoms with E-state index in [1.165, 1.54) is 25.6 Å². The first kappa shape index (κ1) is 25.8. The number of ether oxygens (including phenoxy) is 2. The molecule has 2 aromatic heterocycles. The summed E-state index contributed by atoms with van der Waals surface area (Å²) < 4.78 is 41.7. The first-order valence-electron chi connectivity index (χ1n) is 12.1. The molecule has 4 rings (SSSR count). The topological polar surface area (TPSA) is 80.6 Å². The third kappa shape index (κ3) is 6.08. The Bertz CT molecular complexity index is 1130. The summed E-state index contributed by atoms with van der Waals surface area (Å²) in [6, 6.07) is 3.36. The maximum Gasteiger partial charge on any atom is 0.228 e. The molecule has 0 radical (unpaired) electrons. The van der Waals surface area contributed by atoms with Gasteiger partial charge in [0.1, 0.15) is 12.4 Å². The molecule has 0 amide bonds. The lowest BCUT2D eigenvalue weighted by Crippen LogP contribution is -2.45. The largest absolute Gasteiger partial charge is 0.494 e. The van der Waals surface area contributed by atoms with Crippen LogP contribution in [0.4, 0.5) is 20.5 Å². The third-order valence-corrected chi connectivity index (χ3v) is 6.44. The standard InChI is InChI=1S/C25H33F2N7O2/c1-5-17-12-21(35-4)24(27)20(23(17)26)16-36-19-14-28-25(29-15-19)30-22-13-18(33(3)31-22)6-7-34-10-8-32(2)9-11-34/h12-15H,5-11,16H2,1-4H3,(H,28,29,30,31). The number of nitrogens with zero attached hydrogens (tertiary/aromatic N) is 6. The molecule has 0 atom stereocenters. The predicted octanol–water partition coefficient (Wildman–Crippen LogP) is 3.17. The fourth-order valence-corrected chi connectivity index (χ4v) is 4.13. The zero-order chi connectivity index (χ0) is 25.7. The summed E-state index contributed by atoms with van der Waals surface area (Å²) in [5, 5.41) is 7.60. The van der Waals surface area contributed by atoms with Crippen LogP contribution in [0.2, 0.25) is 0 Å². The van der Waals surface area contributed by atoms with Crippen molar-refractivity contribution in [2.24, 2.45) is 7.05 Å². The Balaban J connectivity index is 1.34. The Morgan fingerprint density at radius 2 is 1.75 bits per heavy atom. The van der Waals surface area contributed by atoms with E-state index < -0.39 is 11.6 Å². The number of likely N-dealkylation sites (N-methyl/N-ethyl adjacent to an activating group) is 1. The fraction of sp³-hybridized carbons (Fsp3) is 0.480. The van der Waals surface area contributed by atoms with Gasteiger partial charge >= 0.3 is 0 Å². The second kappa shape index (κ2) is 11.6. The summed E-state index contributed by atoms with van der Waals surface area (Å²) in [6.07, 6.45) is 4.20. The van der Waals surface area contributed by atoms with Gasteiger partial charge in [-0.15, -0.1) is 0 Å². The summed E-state index contributed by atoms with van der Waals surface area (Å²) in [5.74, 6) is -0.140. The van der Waals surface area contributed by atoms with Gasteiger partial charge in [0.2, 0.25) is 5.95 Å². The molecule has 0 unspecified atom stereocenters. The number of aromatic nitrogens is 4. The van der Waals surface area contributed by atoms with Crippen LogP contribution in [0, 0.1) is 11.6 Å². The van der Waals surface area contributed by atoms with Crippen LogP contribution >= 0.6 is 0 Å². The van der Waals surface area contributed by atoms with Crippen molar-refractivity contribution < 1.29 is 18.3 Å². The number of rotatable bonds is 10. The van der Waals surface area contributed by atoms with Gasteiger partial charge in [0, 0.05) is 58.0 Å². The monoisotopic (exact) mass is 501 g/mol. The molecular weight excluding hydrogens is 468 g/mol. The summed E-state index contributed by atoms with van der Waals surface area (Å²) in [7, 11) is 5.42. The average Bonchev–Trinajstić information content (AvgIpc) is 3.23. The average molecular weight is 502 g/mol. The molecule has 194 valence electrons. The van der Waals surface area contributed by atoms with Crippen LogP contribution in [0.1, 0.15) is 23.7 Å². The lowest BCUT2D eigenvalue weighted by atomic mass is 10.1. The quantitative estimate of drug-likeness (QED) is 0.454. The lowest BCUT2D eigenvalue weighted by Gasteiger charge is -2.32. The minimum Gasteiger partial charge on any atom is -0.494 e. The van der Waals surface area contributed by atoms with E-state index in [0.29, 0.717) is 23.8 Å². The van der Waals surface area contributed by atoms with E-state index in [2.05, 4.69) is 37.2 Å². The molecule has 0 spiro atoms. The molecule has 1 fully saturated rings. The third-order valence-electron chi connectivity index (χ3n) is 6.44. The number of nitrogens with one attached hydrogen (secondary N) is 1. The SMILES string of the molecule is CCc1cc(OC)c(F)c(COc2cnc(Nc3cc(CCN4CCN(C)CC4)n(C)n3)nc2)c1F. The van der Waals surface area contributed by atoms with Crippen LogP contribution in [0.5, 0.6) is 11.5 Å². The molecule has 1 saturated heterocycles. The number of aryl methyl sites for hydroxylation is 2. The highest BCUT2D eigenvalue weighted by molar-refractivity contribution is 5.48. The van der Waals surface area contributed by atoms with Crippen molar-refractivity contribution in [3.8, 4) is 11.5 Å². The Labute approximate surface area is 210 Å². The van der Waals surface area contributed by atoms with Crippen molar-refractivity contribution in [1.82, 2.24) is 29.5 Å². The van der Waals surface area contributed by atoms with Crippen LogP contribution in [-0.2, 0) is 26.5 Å². The number of piperazine rings is 1. The fourth-order valence-electron chi connectivity index (χ4n) is 4.13. The zero-order valence-electron chi connectivity index (χ0n) is 21.2. The zero-order valence-corrected chi connectivity index (χ0v) is 21.2. The molecule has 3 heterocycles. The van der Waals surface area contributed by atoms with E-state index in [-0.39, 0.29) is 23.7 Å². The second-order valence-corrected chi connectivity index (χ2v) is 8.89. The smallest absolute Gasteiger partial charge is 0.228 e. The number of methoxy groups -OCH3 is 1. The van der Waals surface area contributed by atoms with Gasteiger partial charge in [0.05, 0.1) is 25.1 Å². The Morgan fingerprint density at radius 1 is 1.03 bits per heavy atom. The van der Waals surface area contributed by atoms with Crippen LogP contribution < -0.4 is 14.8 Å². The van der Waals surface area contributed by atoms with Gasteiger partial charge in [0.25, 0.3) is 0 Å². The van der Waals surface area contributed by atoms with Crippen molar-refractivity contribution in [1.29, 1.82) is 0 Å². The highest BCUT2D eigenvalue weighted by atomic mass is 19.1. The molecule has 11 heteroatoms. The van der Waals surface area contributed by atoms with Crippen LogP contribution in [0.15, 0.2) is 24.5 Å². The molecule has 36 heavy (non-hydrogen) atoms. The Kier molecular flexibility index (Phi) is 8.32. The molecule has 3 aromatic rings. The molecule has 1 aliphatic heterocycles. The van der Waals surface area contributed by atoms with E-state index in [9.17, 15) is 8.78 Å². The van der Waals surface area contributed by atoms with Gasteiger partial charge in [-0.25, -0.2) is 18.7 Å². The van der Waals surface area contributed by atoms with Crippen molar-refractivity contribution in [2.75, 3.05) is 52.2 Å². The Hall–Kier alpha value is -3.31. The Morgan fingerprint density at radius 3 is 2.42 bits per heavy atom. The molecule has 0 bridgehead atoms. The summed E-state index contributed by atoms with van der Waals surface area (Å²) in [6.45, 7) is 6.82. The highest BCUT2D eigenvalue weighted by Gasteiger charge is 2.19. The number of benzene rings is 1. The second-order valence-electron chi connectivity index (χ2n) is 8.89. The van der Waals surface area contributed by atoms with Crippen LogP contribution in [0.3, 0.4) is 0 Å². The number of hydrogen-bond acceptors (Lipinski definition) is 8. The summed E-state index contributed by atoms with van der Waals surface area (Å²) in [5.41, 5.74) is 1.29. The van der Waals surface area contributed by atoms with Gasteiger partial charge in [-0.1, -0.05) is 6.92 Å². The van der Waals surface area contributed by atoms with Crippen molar-refractivity contribution in [3.05, 3.63) is 53.0 Å². The number of hydrogen-bond donors (Lipinski definition) is 1. The van der Waals surface area contributed by atoms with Gasteiger partial charge in [0.15, 0.2) is 23.1 Å². The van der Waals surface area contributed by atoms with Crippen molar-refractivity contribution in [2.45, 2.75) is 26.4 Å². The maximum atomic E-state index is 14.6. The van der Waals surface area contributed by atoms with E-state index in [1.807, 2.05) is 17.8 Å². The first-order valence-corrected chi connectivity index (χ1v) is 12.1. The van der Waals surface area contributed by atoms with Gasteiger partial charge in [-0.2, -0.15) is 5.10 Å².